The summed E-state index contributed by atoms with van der Waals surface area (Å²) in [6.45, 7) is 3.73. The molecule has 3 rings (SSSR count). The van der Waals surface area contributed by atoms with Crippen LogP contribution in [-0.2, 0) is 14.5 Å². The predicted octanol–water partition coefficient (Wildman–Crippen LogP) is 4.60. The first-order valence-corrected chi connectivity index (χ1v) is 9.25. The van der Waals surface area contributed by atoms with Crippen LogP contribution in [0.2, 0.25) is 5.02 Å². The first-order valence-electron chi connectivity index (χ1n) is 8.06. The van der Waals surface area contributed by atoms with Gasteiger partial charge in [0, 0.05) is 16.7 Å². The van der Waals surface area contributed by atoms with Gasteiger partial charge in [-0.1, -0.05) is 29.3 Å². The molecule has 7 heteroatoms. The highest BCUT2D eigenvalue weighted by Crippen LogP contribution is 2.53. The maximum absolute atomic E-state index is 12.6. The van der Waals surface area contributed by atoms with Crippen molar-refractivity contribution in [2.45, 2.75) is 19.0 Å². The Morgan fingerprint density at radius 3 is 2.67 bits per heavy atom. The largest absolute Gasteiger partial charge is 0.364 e. The van der Waals surface area contributed by atoms with Crippen molar-refractivity contribution >= 4 is 43.4 Å². The number of nitriles is 1. The molecule has 1 aliphatic heterocycles. The molecule has 1 atom stereocenters. The summed E-state index contributed by atoms with van der Waals surface area (Å²) in [5.41, 5.74) is 9.75. The average Bonchev–Trinajstić information content (AvgIpc) is 2.96. The van der Waals surface area contributed by atoms with Gasteiger partial charge in [-0.25, -0.2) is 4.99 Å². The van der Waals surface area contributed by atoms with Gasteiger partial charge in [0.2, 0.25) is 0 Å². The van der Waals surface area contributed by atoms with Crippen LogP contribution in [0.5, 0.6) is 0 Å². The summed E-state index contributed by atoms with van der Waals surface area (Å²) in [4.78, 5) is 16.6. The van der Waals surface area contributed by atoms with E-state index in [1.165, 1.54) is 6.08 Å². The molecule has 1 unspecified atom stereocenters. The number of hydrogen-bond acceptors (Lipinski definition) is 4. The molecule has 0 bridgehead atoms. The van der Waals surface area contributed by atoms with Crippen molar-refractivity contribution in [3.8, 4) is 6.07 Å². The van der Waals surface area contributed by atoms with Gasteiger partial charge in [0.05, 0.1) is 11.8 Å². The third-order valence-corrected chi connectivity index (χ3v) is 5.82. The molecule has 134 valence electrons. The van der Waals surface area contributed by atoms with Gasteiger partial charge in [-0.15, -0.1) is 0 Å². The minimum atomic E-state index is -1.35. The minimum Gasteiger partial charge on any atom is -0.364 e. The molecule has 2 N–H and O–H groups in total. The first-order chi connectivity index (χ1) is 12.8. The van der Waals surface area contributed by atoms with E-state index in [9.17, 15) is 9.36 Å². The molecule has 5 nitrogen and oxygen atoms in total. The highest BCUT2D eigenvalue weighted by Gasteiger charge is 2.50. The number of benzene rings is 2. The van der Waals surface area contributed by atoms with Crippen LogP contribution >= 0.6 is 20.1 Å². The summed E-state index contributed by atoms with van der Waals surface area (Å²) >= 11 is 6.17. The van der Waals surface area contributed by atoms with Crippen LogP contribution in [0, 0.1) is 25.2 Å². The molecule has 27 heavy (non-hydrogen) atoms. The molecule has 0 fully saturated rings. The van der Waals surface area contributed by atoms with Gasteiger partial charge in [0.25, 0.3) is 5.91 Å². The van der Waals surface area contributed by atoms with E-state index in [2.05, 4.69) is 4.99 Å². The van der Waals surface area contributed by atoms with Gasteiger partial charge in [-0.05, 0) is 54.8 Å². The number of hydrogen-bond donors (Lipinski definition) is 1. The van der Waals surface area contributed by atoms with Crippen LogP contribution in [0.25, 0.3) is 6.08 Å². The zero-order valence-corrected chi connectivity index (χ0v) is 16.3. The Labute approximate surface area is 163 Å². The number of aliphatic imine (C=N–C) groups is 1. The van der Waals surface area contributed by atoms with Gasteiger partial charge in [-0.2, -0.15) is 5.26 Å². The third kappa shape index (κ3) is 2.98. The molecule has 0 aliphatic carbocycles. The lowest BCUT2D eigenvalue weighted by atomic mass is 9.82. The molecule has 0 saturated heterocycles. The van der Waals surface area contributed by atoms with Crippen molar-refractivity contribution in [3.05, 3.63) is 69.2 Å². The fourth-order valence-electron chi connectivity index (χ4n) is 3.43. The Bertz CT molecular complexity index is 1090. The van der Waals surface area contributed by atoms with E-state index in [1.807, 2.05) is 32.0 Å². The smallest absolute Gasteiger partial charge is 0.265 e. The molecule has 1 amide bonds. The topological polar surface area (TPSA) is 96.3 Å². The van der Waals surface area contributed by atoms with E-state index in [0.717, 1.165) is 16.7 Å². The van der Waals surface area contributed by atoms with Crippen molar-refractivity contribution in [1.29, 1.82) is 5.26 Å². The predicted molar refractivity (Wildman–Crippen MR) is 107 cm³/mol. The number of fused-ring (bicyclic) bond motifs is 1. The van der Waals surface area contributed by atoms with Crippen LogP contribution in [0.3, 0.4) is 0 Å². The SMILES string of the molecule is Cc1cc(C=CC#N)c(C)c(C2(P=O)C(C(N)=O)=Nc3ccc(Cl)cc32)c1. The molecular weight excluding hydrogens is 381 g/mol. The van der Waals surface area contributed by atoms with E-state index in [0.29, 0.717) is 21.8 Å². The molecule has 1 aliphatic rings. The highest BCUT2D eigenvalue weighted by atomic mass is 35.5. The van der Waals surface area contributed by atoms with Gasteiger partial charge in [0.1, 0.15) is 5.71 Å². The average molecular weight is 396 g/mol. The number of primary amides is 1. The number of halogens is 1. The molecule has 0 aromatic heterocycles. The van der Waals surface area contributed by atoms with Gasteiger partial charge >= 0.3 is 0 Å². The molecule has 2 aromatic rings. The Balaban J connectivity index is 2.42. The van der Waals surface area contributed by atoms with Crippen LogP contribution in [0.4, 0.5) is 5.69 Å². The number of aryl methyl sites for hydroxylation is 1. The van der Waals surface area contributed by atoms with Crippen molar-refractivity contribution in [1.82, 2.24) is 0 Å². The van der Waals surface area contributed by atoms with Crippen molar-refractivity contribution < 1.29 is 9.36 Å². The van der Waals surface area contributed by atoms with Crippen LogP contribution < -0.4 is 5.73 Å². The summed E-state index contributed by atoms with van der Waals surface area (Å²) < 4.78 is 12.6. The Hall–Kier alpha value is -2.80. The van der Waals surface area contributed by atoms with Gasteiger partial charge in [-0.3, -0.25) is 9.36 Å². The van der Waals surface area contributed by atoms with Crippen LogP contribution in [-0.4, -0.2) is 11.6 Å². The number of carbonyl (C=O) groups is 1. The van der Waals surface area contributed by atoms with Gasteiger partial charge < -0.3 is 5.73 Å². The van der Waals surface area contributed by atoms with E-state index >= 15 is 0 Å². The lowest BCUT2D eigenvalue weighted by molar-refractivity contribution is -0.112. The third-order valence-electron chi connectivity index (χ3n) is 4.61. The monoisotopic (exact) mass is 395 g/mol. The fraction of sp³-hybridized carbons (Fsp3) is 0.150. The Morgan fingerprint density at radius 1 is 1.30 bits per heavy atom. The standard InChI is InChI=1S/C20H15ClN3O2P/c1-11-8-13(4-3-7-22)12(2)15(9-11)20(27-26)16-10-14(21)5-6-17(16)24-18(20)19(23)25/h3-6,8-10H,1-2H3,(H2,23,25). The minimum absolute atomic E-state index is 0.000320. The molecule has 1 heterocycles. The zero-order valence-electron chi connectivity index (χ0n) is 14.7. The summed E-state index contributed by atoms with van der Waals surface area (Å²) in [7, 11) is -0.348. The second-order valence-corrected chi connectivity index (χ2v) is 7.57. The summed E-state index contributed by atoms with van der Waals surface area (Å²) in [5.74, 6) is -0.749. The number of rotatable bonds is 4. The second kappa shape index (κ2) is 7.08. The molecule has 0 radical (unpaired) electrons. The highest BCUT2D eigenvalue weighted by molar-refractivity contribution is 7.28. The molecule has 0 spiro atoms. The number of carbonyl (C=O) groups excluding carboxylic acids is 1. The maximum Gasteiger partial charge on any atom is 0.265 e. The van der Waals surface area contributed by atoms with Crippen LogP contribution in [0.1, 0.15) is 27.8 Å². The first kappa shape index (κ1) is 19.0. The second-order valence-electron chi connectivity index (χ2n) is 6.28. The lowest BCUT2D eigenvalue weighted by Crippen LogP contribution is -2.39. The quantitative estimate of drug-likeness (QED) is 0.605. The molecular formula is C20H15ClN3O2P. The normalized spacial score (nSPS) is 18.4. The Kier molecular flexibility index (Phi) is 4.97. The summed E-state index contributed by atoms with van der Waals surface area (Å²) in [6, 6.07) is 10.7. The number of nitrogens with two attached hydrogens (primary N) is 1. The van der Waals surface area contributed by atoms with E-state index < -0.39 is 11.1 Å². The fourth-order valence-corrected chi connectivity index (χ4v) is 4.46. The van der Waals surface area contributed by atoms with Gasteiger partial charge in [0.15, 0.2) is 13.6 Å². The zero-order chi connectivity index (χ0) is 19.8. The Morgan fingerprint density at radius 2 is 2.04 bits per heavy atom. The summed E-state index contributed by atoms with van der Waals surface area (Å²) in [6.07, 6.45) is 3.05. The van der Waals surface area contributed by atoms with Crippen molar-refractivity contribution in [2.24, 2.45) is 10.7 Å². The molecule has 0 saturated carbocycles. The number of amides is 1. The maximum atomic E-state index is 12.6. The van der Waals surface area contributed by atoms with E-state index in [4.69, 9.17) is 22.6 Å². The molecule has 2 aromatic carbocycles. The van der Waals surface area contributed by atoms with Crippen molar-refractivity contribution in [3.63, 3.8) is 0 Å². The summed E-state index contributed by atoms with van der Waals surface area (Å²) in [5, 5.41) is 7.95. The number of allylic oxidation sites excluding steroid dienone is 1. The number of nitrogens with zero attached hydrogens (tertiary/aromatic N) is 2. The van der Waals surface area contributed by atoms with E-state index in [-0.39, 0.29) is 14.2 Å². The van der Waals surface area contributed by atoms with E-state index in [1.54, 1.807) is 24.3 Å². The van der Waals surface area contributed by atoms with Crippen LogP contribution in [0.15, 0.2) is 41.4 Å². The lowest BCUT2D eigenvalue weighted by Gasteiger charge is -2.27. The van der Waals surface area contributed by atoms with Crippen molar-refractivity contribution in [2.75, 3.05) is 0 Å².